The lowest BCUT2D eigenvalue weighted by Crippen LogP contribution is -2.45. The van der Waals surface area contributed by atoms with E-state index in [9.17, 15) is 19.2 Å². The normalized spacial score (nSPS) is 11.7. The molecule has 0 saturated heterocycles. The van der Waals surface area contributed by atoms with Gasteiger partial charge in [-0.15, -0.1) is 0 Å². The molecule has 0 aliphatic rings. The second-order valence-electron chi connectivity index (χ2n) is 8.80. The molecule has 2 aromatic rings. The Morgan fingerprint density at radius 1 is 0.853 bits per heavy atom. The summed E-state index contributed by atoms with van der Waals surface area (Å²) >= 11 is 0. The summed E-state index contributed by atoms with van der Waals surface area (Å²) in [5.74, 6) is -1.32. The number of rotatable bonds is 11. The Hall–Kier alpha value is -3.68. The van der Waals surface area contributed by atoms with Crippen LogP contribution < -0.4 is 10.6 Å². The highest BCUT2D eigenvalue weighted by Gasteiger charge is 2.27. The number of ether oxygens (including phenoxy) is 2. The molecule has 2 aromatic carbocycles. The van der Waals surface area contributed by atoms with Gasteiger partial charge in [0.2, 0.25) is 5.91 Å². The van der Waals surface area contributed by atoms with Gasteiger partial charge in [0.25, 0.3) is 0 Å². The zero-order chi connectivity index (χ0) is 25.0. The van der Waals surface area contributed by atoms with Gasteiger partial charge < -0.3 is 20.1 Å². The molecule has 0 fully saturated rings. The van der Waals surface area contributed by atoms with Crippen LogP contribution >= 0.6 is 0 Å². The summed E-state index contributed by atoms with van der Waals surface area (Å²) < 4.78 is 10.5. The average Bonchev–Trinajstić information content (AvgIpc) is 2.80. The van der Waals surface area contributed by atoms with Crippen molar-refractivity contribution in [1.29, 1.82) is 0 Å². The maximum absolute atomic E-state index is 12.6. The molecule has 0 aliphatic carbocycles. The Labute approximate surface area is 200 Å². The lowest BCUT2D eigenvalue weighted by Gasteiger charge is -2.24. The summed E-state index contributed by atoms with van der Waals surface area (Å²) in [6.07, 6.45) is -0.649. The highest BCUT2D eigenvalue weighted by atomic mass is 16.6. The van der Waals surface area contributed by atoms with Crippen molar-refractivity contribution in [2.24, 2.45) is 0 Å². The van der Waals surface area contributed by atoms with E-state index >= 15 is 0 Å². The number of carbonyl (C=O) groups is 4. The van der Waals surface area contributed by atoms with Crippen LogP contribution in [0, 0.1) is 0 Å². The number of ketones is 1. The molecule has 0 radical (unpaired) electrons. The van der Waals surface area contributed by atoms with Gasteiger partial charge in [-0.1, -0.05) is 60.7 Å². The number of nitrogens with one attached hydrogen (secondary N) is 2. The molecule has 8 heteroatoms. The first-order chi connectivity index (χ1) is 16.1. The van der Waals surface area contributed by atoms with Gasteiger partial charge in [0.05, 0.1) is 6.54 Å². The fourth-order valence-electron chi connectivity index (χ4n) is 2.97. The molecule has 2 rings (SSSR count). The van der Waals surface area contributed by atoms with Crippen molar-refractivity contribution in [3.05, 3.63) is 71.8 Å². The molecular weight excluding hydrogens is 436 g/mol. The van der Waals surface area contributed by atoms with Gasteiger partial charge in [0.15, 0.2) is 5.78 Å². The zero-order valence-electron chi connectivity index (χ0n) is 19.8. The maximum Gasteiger partial charge on any atom is 0.407 e. The van der Waals surface area contributed by atoms with E-state index in [-0.39, 0.29) is 38.2 Å². The largest absolute Gasteiger partial charge is 0.458 e. The van der Waals surface area contributed by atoms with Gasteiger partial charge in [-0.25, -0.2) is 9.59 Å². The van der Waals surface area contributed by atoms with E-state index in [1.54, 1.807) is 20.8 Å². The van der Waals surface area contributed by atoms with Crippen molar-refractivity contribution in [3.8, 4) is 0 Å². The number of hydrogen-bond acceptors (Lipinski definition) is 6. The van der Waals surface area contributed by atoms with E-state index < -0.39 is 29.6 Å². The summed E-state index contributed by atoms with van der Waals surface area (Å²) in [4.78, 5) is 48.9. The van der Waals surface area contributed by atoms with Crippen molar-refractivity contribution >= 4 is 23.8 Å². The molecular formula is C26H32N2O6. The van der Waals surface area contributed by atoms with E-state index in [1.165, 1.54) is 0 Å². The molecule has 0 aromatic heterocycles. The van der Waals surface area contributed by atoms with Crippen LogP contribution in [0.1, 0.15) is 44.7 Å². The minimum Gasteiger partial charge on any atom is -0.458 e. The number of alkyl carbamates (subject to hydrolysis) is 1. The highest BCUT2D eigenvalue weighted by molar-refractivity contribution is 5.89. The Morgan fingerprint density at radius 3 is 2.03 bits per heavy atom. The van der Waals surface area contributed by atoms with E-state index in [1.807, 2.05) is 60.7 Å². The molecule has 8 nitrogen and oxygen atoms in total. The Bertz CT molecular complexity index is 954. The summed E-state index contributed by atoms with van der Waals surface area (Å²) in [6, 6.07) is 17.5. The van der Waals surface area contributed by atoms with Crippen LogP contribution in [0.5, 0.6) is 0 Å². The number of esters is 1. The highest BCUT2D eigenvalue weighted by Crippen LogP contribution is 2.12. The summed E-state index contributed by atoms with van der Waals surface area (Å²) in [6.45, 7) is 5.10. The number of amides is 2. The predicted octanol–water partition coefficient (Wildman–Crippen LogP) is 3.33. The van der Waals surface area contributed by atoms with E-state index in [2.05, 4.69) is 10.6 Å². The minimum atomic E-state index is -0.879. The molecule has 34 heavy (non-hydrogen) atoms. The van der Waals surface area contributed by atoms with Crippen LogP contribution in [0.4, 0.5) is 4.79 Å². The van der Waals surface area contributed by atoms with Crippen LogP contribution in [0.15, 0.2) is 60.7 Å². The smallest absolute Gasteiger partial charge is 0.407 e. The third-order valence-corrected chi connectivity index (χ3v) is 4.58. The van der Waals surface area contributed by atoms with Crippen molar-refractivity contribution in [1.82, 2.24) is 10.6 Å². The number of hydrogen-bond donors (Lipinski definition) is 2. The molecule has 0 saturated carbocycles. The van der Waals surface area contributed by atoms with Gasteiger partial charge in [0, 0.05) is 19.3 Å². The fraction of sp³-hybridized carbons (Fsp3) is 0.385. The molecule has 182 valence electrons. The Balaban J connectivity index is 1.78. The second-order valence-corrected chi connectivity index (χ2v) is 8.80. The number of Topliss-reactive ketones (excluding diaryl/α,β-unsaturated/α-hetero) is 1. The molecule has 0 aliphatic heterocycles. The van der Waals surface area contributed by atoms with Crippen LogP contribution in [0.25, 0.3) is 0 Å². The third-order valence-electron chi connectivity index (χ3n) is 4.58. The standard InChI is InChI=1S/C26H32N2O6/c1-26(2,3)34-24(31)22(16-19-10-6-4-7-11-19)28-23(30)15-14-21(29)17-27-25(32)33-18-20-12-8-5-9-13-20/h4-13,22H,14-18H2,1-3H3,(H,27,32)(H,28,30)/t22-/m1/s1. The quantitative estimate of drug-likeness (QED) is 0.490. The Kier molecular flexibility index (Phi) is 10.3. The Morgan fingerprint density at radius 2 is 1.44 bits per heavy atom. The summed E-state index contributed by atoms with van der Waals surface area (Å²) in [7, 11) is 0. The monoisotopic (exact) mass is 468 g/mol. The topological polar surface area (TPSA) is 111 Å². The van der Waals surface area contributed by atoms with E-state index in [4.69, 9.17) is 9.47 Å². The SMILES string of the molecule is CC(C)(C)OC(=O)[C@@H](Cc1ccccc1)NC(=O)CCC(=O)CNC(=O)OCc1ccccc1. The lowest BCUT2D eigenvalue weighted by molar-refractivity contribution is -0.158. The molecule has 0 spiro atoms. The predicted molar refractivity (Wildman–Crippen MR) is 127 cm³/mol. The van der Waals surface area contributed by atoms with Gasteiger partial charge in [-0.05, 0) is 31.9 Å². The van der Waals surface area contributed by atoms with Crippen molar-refractivity contribution in [3.63, 3.8) is 0 Å². The fourth-order valence-corrected chi connectivity index (χ4v) is 2.97. The first-order valence-corrected chi connectivity index (χ1v) is 11.1. The van der Waals surface area contributed by atoms with Crippen LogP contribution in [-0.2, 0) is 36.9 Å². The van der Waals surface area contributed by atoms with Gasteiger partial charge in [-0.2, -0.15) is 0 Å². The average molecular weight is 469 g/mol. The number of carbonyl (C=O) groups excluding carboxylic acids is 4. The second kappa shape index (κ2) is 13.1. The first-order valence-electron chi connectivity index (χ1n) is 11.1. The van der Waals surface area contributed by atoms with Gasteiger partial charge >= 0.3 is 12.1 Å². The molecule has 2 N–H and O–H groups in total. The van der Waals surface area contributed by atoms with Crippen LogP contribution in [0.3, 0.4) is 0 Å². The molecule has 2 amide bonds. The summed E-state index contributed by atoms with van der Waals surface area (Å²) in [5.41, 5.74) is 0.997. The number of benzene rings is 2. The lowest BCUT2D eigenvalue weighted by atomic mass is 10.0. The molecule has 1 atom stereocenters. The maximum atomic E-state index is 12.6. The van der Waals surface area contributed by atoms with Crippen LogP contribution in [0.2, 0.25) is 0 Å². The molecule has 0 heterocycles. The van der Waals surface area contributed by atoms with Crippen molar-refractivity contribution in [2.75, 3.05) is 6.54 Å². The first kappa shape index (κ1) is 26.6. The van der Waals surface area contributed by atoms with E-state index in [0.717, 1.165) is 11.1 Å². The van der Waals surface area contributed by atoms with Crippen molar-refractivity contribution in [2.45, 2.75) is 58.3 Å². The van der Waals surface area contributed by atoms with Crippen molar-refractivity contribution < 1.29 is 28.7 Å². The van der Waals surface area contributed by atoms with Gasteiger partial charge in [-0.3, -0.25) is 9.59 Å². The zero-order valence-corrected chi connectivity index (χ0v) is 19.8. The van der Waals surface area contributed by atoms with Crippen LogP contribution in [-0.4, -0.2) is 41.9 Å². The third kappa shape index (κ3) is 10.8. The molecule has 0 bridgehead atoms. The summed E-state index contributed by atoms with van der Waals surface area (Å²) in [5, 5.41) is 5.05. The minimum absolute atomic E-state index is 0.0861. The van der Waals surface area contributed by atoms with Gasteiger partial charge in [0.1, 0.15) is 18.2 Å². The van der Waals surface area contributed by atoms with E-state index in [0.29, 0.717) is 0 Å². The molecule has 0 unspecified atom stereocenters.